The lowest BCUT2D eigenvalue weighted by atomic mass is 9.33. The highest BCUT2D eigenvalue weighted by Crippen LogP contribution is 2.74. The Bertz CT molecular complexity index is 893. The van der Waals surface area contributed by atoms with Gasteiger partial charge in [0.15, 0.2) is 0 Å². The molecule has 8 atom stereocenters. The Hall–Kier alpha value is -1.39. The first-order chi connectivity index (χ1) is 16.2. The standard InChI is InChI=1S/C30H48O5/c1-9-30(18-34-19(2)31)17-16-28(7)21(25(30)33)10-11-23-27(6)14-13-24(35-20(3)32)26(4,5)22(27)12-15-29(23,28)8/h21-24H,9-18H2,1-8H3/t21?,22?,23?,24-,27-,28+,29+,30+/m0/s1. The molecular weight excluding hydrogens is 440 g/mol. The van der Waals surface area contributed by atoms with Crippen LogP contribution in [-0.4, -0.2) is 30.4 Å². The maximum atomic E-state index is 14.1. The molecule has 0 heterocycles. The van der Waals surface area contributed by atoms with Crippen LogP contribution >= 0.6 is 0 Å². The fraction of sp³-hybridized carbons (Fsp3) is 0.900. The Labute approximate surface area is 212 Å². The lowest BCUT2D eigenvalue weighted by Gasteiger charge is -2.71. The molecule has 0 radical (unpaired) electrons. The summed E-state index contributed by atoms with van der Waals surface area (Å²) in [6, 6.07) is 0. The Morgan fingerprint density at radius 3 is 2.11 bits per heavy atom. The minimum absolute atomic E-state index is 0.0166. The molecule has 0 aromatic carbocycles. The average molecular weight is 489 g/mol. The summed E-state index contributed by atoms with van der Waals surface area (Å²) in [4.78, 5) is 37.5. The summed E-state index contributed by atoms with van der Waals surface area (Å²) >= 11 is 0. The van der Waals surface area contributed by atoms with Crippen LogP contribution in [0.4, 0.5) is 0 Å². The van der Waals surface area contributed by atoms with Gasteiger partial charge in [0, 0.05) is 25.2 Å². The lowest BCUT2D eigenvalue weighted by Crippen LogP contribution is -2.67. The van der Waals surface area contributed by atoms with E-state index in [4.69, 9.17) is 9.47 Å². The maximum absolute atomic E-state index is 14.1. The summed E-state index contributed by atoms with van der Waals surface area (Å²) < 4.78 is 11.3. The SMILES string of the molecule is CC[C@]1(COC(C)=O)CC[C@]2(C)C(CCC3[C@@]4(C)CC[C@H](OC(C)=O)C(C)(C)C4CC[C@]32C)C1=O. The topological polar surface area (TPSA) is 69.7 Å². The minimum Gasteiger partial charge on any atom is -0.465 e. The quantitative estimate of drug-likeness (QED) is 0.422. The van der Waals surface area contributed by atoms with Crippen LogP contribution in [0.15, 0.2) is 0 Å². The van der Waals surface area contributed by atoms with Crippen LogP contribution in [0.5, 0.6) is 0 Å². The molecule has 198 valence electrons. The molecule has 3 unspecified atom stereocenters. The van der Waals surface area contributed by atoms with Crippen molar-refractivity contribution in [2.45, 2.75) is 119 Å². The third kappa shape index (κ3) is 3.72. The van der Waals surface area contributed by atoms with Gasteiger partial charge in [-0.15, -0.1) is 0 Å². The van der Waals surface area contributed by atoms with Gasteiger partial charge in [-0.05, 0) is 85.9 Å². The Balaban J connectivity index is 1.65. The van der Waals surface area contributed by atoms with Gasteiger partial charge >= 0.3 is 11.9 Å². The third-order valence-corrected chi connectivity index (χ3v) is 12.3. The molecule has 0 aromatic rings. The molecule has 4 aliphatic rings. The predicted molar refractivity (Wildman–Crippen MR) is 135 cm³/mol. The highest BCUT2D eigenvalue weighted by atomic mass is 16.5. The van der Waals surface area contributed by atoms with Crippen LogP contribution in [0.25, 0.3) is 0 Å². The van der Waals surface area contributed by atoms with Gasteiger partial charge in [-0.3, -0.25) is 14.4 Å². The zero-order chi connectivity index (χ0) is 26.0. The second kappa shape index (κ2) is 8.58. The molecular formula is C30H48O5. The van der Waals surface area contributed by atoms with Crippen LogP contribution in [0, 0.1) is 44.8 Å². The Kier molecular flexibility index (Phi) is 6.54. The molecule has 0 N–H and O–H groups in total. The molecule has 4 fully saturated rings. The molecule has 0 aromatic heterocycles. The molecule has 0 aliphatic heterocycles. The molecule has 0 amide bonds. The summed E-state index contributed by atoms with van der Waals surface area (Å²) in [5, 5.41) is 0. The van der Waals surface area contributed by atoms with E-state index in [2.05, 4.69) is 41.5 Å². The van der Waals surface area contributed by atoms with Crippen LogP contribution in [0.3, 0.4) is 0 Å². The number of hydrogen-bond acceptors (Lipinski definition) is 5. The number of carbonyl (C=O) groups excluding carboxylic acids is 3. The second-order valence-electron chi connectivity index (χ2n) is 13.9. The Morgan fingerprint density at radius 1 is 0.829 bits per heavy atom. The second-order valence-corrected chi connectivity index (χ2v) is 13.9. The van der Waals surface area contributed by atoms with E-state index in [0.717, 1.165) is 57.8 Å². The van der Waals surface area contributed by atoms with Crippen molar-refractivity contribution in [3.05, 3.63) is 0 Å². The summed E-state index contributed by atoms with van der Waals surface area (Å²) in [6.45, 7) is 17.3. The van der Waals surface area contributed by atoms with E-state index >= 15 is 0 Å². The van der Waals surface area contributed by atoms with Crippen molar-refractivity contribution in [1.29, 1.82) is 0 Å². The van der Waals surface area contributed by atoms with Crippen molar-refractivity contribution in [2.75, 3.05) is 6.61 Å². The summed E-state index contributed by atoms with van der Waals surface area (Å²) in [5.41, 5.74) is -0.331. The molecule has 0 saturated heterocycles. The number of fused-ring (bicyclic) bond motifs is 5. The number of ether oxygens (including phenoxy) is 2. The van der Waals surface area contributed by atoms with E-state index < -0.39 is 5.41 Å². The van der Waals surface area contributed by atoms with E-state index in [0.29, 0.717) is 17.6 Å². The number of carbonyl (C=O) groups is 3. The molecule has 35 heavy (non-hydrogen) atoms. The molecule has 0 spiro atoms. The summed E-state index contributed by atoms with van der Waals surface area (Å²) in [6.07, 6.45) is 8.82. The first kappa shape index (κ1) is 26.7. The fourth-order valence-corrected chi connectivity index (χ4v) is 10.0. The maximum Gasteiger partial charge on any atom is 0.302 e. The normalized spacial score (nSPS) is 46.6. The van der Waals surface area contributed by atoms with Crippen molar-refractivity contribution in [2.24, 2.45) is 44.8 Å². The highest BCUT2D eigenvalue weighted by Gasteiger charge is 2.69. The van der Waals surface area contributed by atoms with Crippen molar-refractivity contribution < 1.29 is 23.9 Å². The molecule has 5 nitrogen and oxygen atoms in total. The molecule has 5 heteroatoms. The van der Waals surface area contributed by atoms with Crippen LogP contribution in [0.1, 0.15) is 113 Å². The first-order valence-corrected chi connectivity index (χ1v) is 14.0. The van der Waals surface area contributed by atoms with E-state index in [1.165, 1.54) is 13.8 Å². The van der Waals surface area contributed by atoms with Gasteiger partial charge in [-0.2, -0.15) is 0 Å². The van der Waals surface area contributed by atoms with E-state index in [1.807, 2.05) is 0 Å². The van der Waals surface area contributed by atoms with Gasteiger partial charge in [0.05, 0.1) is 5.41 Å². The van der Waals surface area contributed by atoms with Gasteiger partial charge in [0.25, 0.3) is 0 Å². The van der Waals surface area contributed by atoms with Crippen molar-refractivity contribution in [1.82, 2.24) is 0 Å². The number of Topliss-reactive ketones (excluding diaryl/α,β-unsaturated/α-hetero) is 1. The van der Waals surface area contributed by atoms with Crippen LogP contribution < -0.4 is 0 Å². The van der Waals surface area contributed by atoms with Gasteiger partial charge in [-0.25, -0.2) is 0 Å². The highest BCUT2D eigenvalue weighted by molar-refractivity contribution is 5.89. The summed E-state index contributed by atoms with van der Waals surface area (Å²) in [5.74, 6) is 0.980. The van der Waals surface area contributed by atoms with Gasteiger partial charge in [0.2, 0.25) is 0 Å². The van der Waals surface area contributed by atoms with Crippen LogP contribution in [0.2, 0.25) is 0 Å². The monoisotopic (exact) mass is 488 g/mol. The number of rotatable bonds is 4. The van der Waals surface area contributed by atoms with Gasteiger partial charge in [0.1, 0.15) is 18.5 Å². The third-order valence-electron chi connectivity index (χ3n) is 12.3. The van der Waals surface area contributed by atoms with Gasteiger partial charge in [-0.1, -0.05) is 41.5 Å². The molecule has 4 saturated carbocycles. The Morgan fingerprint density at radius 2 is 1.51 bits per heavy atom. The summed E-state index contributed by atoms with van der Waals surface area (Å²) in [7, 11) is 0. The number of esters is 2. The smallest absolute Gasteiger partial charge is 0.302 e. The van der Waals surface area contributed by atoms with Crippen molar-refractivity contribution in [3.63, 3.8) is 0 Å². The van der Waals surface area contributed by atoms with Crippen LogP contribution in [-0.2, 0) is 23.9 Å². The van der Waals surface area contributed by atoms with E-state index in [-0.39, 0.29) is 52.2 Å². The molecule has 0 bridgehead atoms. The van der Waals surface area contributed by atoms with Crippen molar-refractivity contribution >= 4 is 17.7 Å². The predicted octanol–water partition coefficient (Wildman–Crippen LogP) is 6.52. The fourth-order valence-electron chi connectivity index (χ4n) is 10.0. The molecule has 4 aliphatic carbocycles. The zero-order valence-electron chi connectivity index (χ0n) is 23.4. The largest absolute Gasteiger partial charge is 0.465 e. The number of ketones is 1. The number of hydrogen-bond donors (Lipinski definition) is 0. The van der Waals surface area contributed by atoms with E-state index in [1.54, 1.807) is 0 Å². The van der Waals surface area contributed by atoms with E-state index in [9.17, 15) is 14.4 Å². The minimum atomic E-state index is -0.524. The zero-order valence-corrected chi connectivity index (χ0v) is 23.4. The lowest BCUT2D eigenvalue weighted by molar-refractivity contribution is -0.237. The van der Waals surface area contributed by atoms with Gasteiger partial charge < -0.3 is 9.47 Å². The first-order valence-electron chi connectivity index (χ1n) is 14.0. The van der Waals surface area contributed by atoms with Crippen molar-refractivity contribution in [3.8, 4) is 0 Å². The molecule has 4 rings (SSSR count). The average Bonchev–Trinajstić information content (AvgIpc) is 2.76.